The molecule has 3 aromatic rings. The number of carbonyl (C=O) groups excluding carboxylic acids is 2. The quantitative estimate of drug-likeness (QED) is 0.487. The molecule has 2 saturated heterocycles. The third-order valence-electron chi connectivity index (χ3n) is 7.16. The lowest BCUT2D eigenvalue weighted by Crippen LogP contribution is -2.49. The molecule has 37 heavy (non-hydrogen) atoms. The van der Waals surface area contributed by atoms with Crippen molar-refractivity contribution in [3.05, 3.63) is 77.6 Å². The Hall–Kier alpha value is -3.45. The summed E-state index contributed by atoms with van der Waals surface area (Å²) in [5.41, 5.74) is 5.56. The second-order valence-corrected chi connectivity index (χ2v) is 9.58. The predicted octanol–water partition coefficient (Wildman–Crippen LogP) is 5.30. The summed E-state index contributed by atoms with van der Waals surface area (Å²) in [6.45, 7) is 11.5. The van der Waals surface area contributed by atoms with Crippen molar-refractivity contribution >= 4 is 11.9 Å². The zero-order chi connectivity index (χ0) is 26.2. The van der Waals surface area contributed by atoms with Gasteiger partial charge in [0.15, 0.2) is 0 Å². The van der Waals surface area contributed by atoms with Crippen molar-refractivity contribution in [1.29, 1.82) is 0 Å². The molecule has 0 atom stereocenters. The molecule has 196 valence electrons. The fraction of sp³-hybridized carbons (Fsp3) is 0.433. The van der Waals surface area contributed by atoms with Crippen molar-refractivity contribution in [2.75, 3.05) is 39.3 Å². The molecular formula is C30H39N5O2. The Bertz CT molecular complexity index is 1180. The van der Waals surface area contributed by atoms with Crippen LogP contribution in [-0.4, -0.2) is 75.7 Å². The lowest BCUT2D eigenvalue weighted by Gasteiger charge is -2.34. The molecule has 2 amide bonds. The van der Waals surface area contributed by atoms with Gasteiger partial charge in [0.1, 0.15) is 0 Å². The molecule has 0 aliphatic carbocycles. The fourth-order valence-corrected chi connectivity index (χ4v) is 4.98. The van der Waals surface area contributed by atoms with Gasteiger partial charge in [0.05, 0.1) is 11.8 Å². The summed E-state index contributed by atoms with van der Waals surface area (Å²) >= 11 is 0. The van der Waals surface area contributed by atoms with Gasteiger partial charge in [-0.3, -0.25) is 9.69 Å². The Morgan fingerprint density at radius 1 is 0.811 bits per heavy atom. The number of carbonyl (C=O) groups is 2. The molecule has 1 aromatic heterocycles. The van der Waals surface area contributed by atoms with Crippen molar-refractivity contribution in [1.82, 2.24) is 24.5 Å². The normalized spacial score (nSPS) is 16.2. The number of amides is 2. The third-order valence-corrected chi connectivity index (χ3v) is 7.16. The number of nitrogens with zero attached hydrogens (tertiary/aromatic N) is 5. The molecule has 0 saturated carbocycles. The average Bonchev–Trinajstić information content (AvgIpc) is 3.46. The topological polar surface area (TPSA) is 61.7 Å². The fourth-order valence-electron chi connectivity index (χ4n) is 4.98. The Morgan fingerprint density at radius 2 is 1.51 bits per heavy atom. The van der Waals surface area contributed by atoms with E-state index in [2.05, 4.69) is 59.4 Å². The minimum absolute atomic E-state index is 0.0257. The zero-order valence-corrected chi connectivity index (χ0v) is 22.4. The number of piperidine rings is 1. The van der Waals surface area contributed by atoms with Gasteiger partial charge in [-0.25, -0.2) is 4.79 Å². The smallest absolute Gasteiger partial charge is 0.339 e. The summed E-state index contributed by atoms with van der Waals surface area (Å²) in [5, 5.41) is 4.20. The van der Waals surface area contributed by atoms with Crippen LogP contribution in [0.2, 0.25) is 0 Å². The summed E-state index contributed by atoms with van der Waals surface area (Å²) in [6, 6.07) is 16.9. The monoisotopic (exact) mass is 501 g/mol. The van der Waals surface area contributed by atoms with E-state index in [-0.39, 0.29) is 11.9 Å². The van der Waals surface area contributed by atoms with E-state index in [0.717, 1.165) is 45.6 Å². The first-order chi connectivity index (χ1) is 18.1. The minimum Gasteiger partial charge on any atom is -0.339 e. The van der Waals surface area contributed by atoms with Crippen LogP contribution in [-0.2, 0) is 6.54 Å². The van der Waals surface area contributed by atoms with Crippen LogP contribution in [0.3, 0.4) is 0 Å². The molecule has 2 fully saturated rings. The SMILES string of the molecule is CC.Cc1cc(-c2ccccc2)ccc1CN1CCN(C(=O)n2cc(C(=O)N3CCCCC3)cn2)CC1. The van der Waals surface area contributed by atoms with Gasteiger partial charge in [-0.05, 0) is 48.4 Å². The number of aryl methyl sites for hydroxylation is 1. The minimum atomic E-state index is -0.161. The van der Waals surface area contributed by atoms with Gasteiger partial charge in [0.2, 0.25) is 0 Å². The molecule has 7 nitrogen and oxygen atoms in total. The van der Waals surface area contributed by atoms with Gasteiger partial charge in [-0.2, -0.15) is 9.78 Å². The Morgan fingerprint density at radius 3 is 2.19 bits per heavy atom. The molecule has 0 bridgehead atoms. The first kappa shape index (κ1) is 26.6. The van der Waals surface area contributed by atoms with Crippen LogP contribution in [0.1, 0.15) is 54.6 Å². The number of hydrogen-bond acceptors (Lipinski definition) is 4. The van der Waals surface area contributed by atoms with Gasteiger partial charge >= 0.3 is 6.03 Å². The van der Waals surface area contributed by atoms with E-state index in [1.807, 2.05) is 29.7 Å². The summed E-state index contributed by atoms with van der Waals surface area (Å²) in [4.78, 5) is 31.8. The first-order valence-electron chi connectivity index (χ1n) is 13.6. The molecule has 2 aliphatic heterocycles. The van der Waals surface area contributed by atoms with Crippen LogP contribution in [0.25, 0.3) is 11.1 Å². The molecule has 5 rings (SSSR count). The zero-order valence-electron chi connectivity index (χ0n) is 22.4. The lowest BCUT2D eigenvalue weighted by molar-refractivity contribution is 0.0724. The standard InChI is InChI=1S/C28H33N5O2.C2H6/c1-22-18-24(23-8-4-2-5-9-23)10-11-25(22)20-30-14-16-32(17-15-30)28(35)33-21-26(19-29-33)27(34)31-12-6-3-7-13-31;1-2/h2,4-5,8-11,18-19,21H,3,6-7,12-17,20H2,1H3;1-2H3. The molecule has 7 heteroatoms. The maximum Gasteiger partial charge on any atom is 0.344 e. The number of benzene rings is 2. The highest BCUT2D eigenvalue weighted by molar-refractivity contribution is 5.94. The maximum atomic E-state index is 13.0. The van der Waals surface area contributed by atoms with Gasteiger partial charge in [-0.1, -0.05) is 62.4 Å². The molecule has 2 aliphatic rings. The maximum absolute atomic E-state index is 13.0. The molecule has 0 N–H and O–H groups in total. The highest BCUT2D eigenvalue weighted by Gasteiger charge is 2.25. The highest BCUT2D eigenvalue weighted by Crippen LogP contribution is 2.23. The van der Waals surface area contributed by atoms with Crippen molar-refractivity contribution in [3.8, 4) is 11.1 Å². The molecule has 2 aromatic carbocycles. The van der Waals surface area contributed by atoms with Gasteiger partial charge in [0, 0.05) is 52.0 Å². The summed E-state index contributed by atoms with van der Waals surface area (Å²) in [6.07, 6.45) is 6.36. The molecule has 0 radical (unpaired) electrons. The van der Waals surface area contributed by atoms with Crippen LogP contribution in [0, 0.1) is 6.92 Å². The van der Waals surface area contributed by atoms with Crippen LogP contribution < -0.4 is 0 Å². The van der Waals surface area contributed by atoms with E-state index in [1.54, 1.807) is 6.20 Å². The van der Waals surface area contributed by atoms with E-state index >= 15 is 0 Å². The Labute approximate surface area is 220 Å². The van der Waals surface area contributed by atoms with Crippen LogP contribution >= 0.6 is 0 Å². The number of aromatic nitrogens is 2. The van der Waals surface area contributed by atoms with E-state index in [9.17, 15) is 9.59 Å². The van der Waals surface area contributed by atoms with E-state index < -0.39 is 0 Å². The van der Waals surface area contributed by atoms with E-state index in [4.69, 9.17) is 0 Å². The lowest BCUT2D eigenvalue weighted by atomic mass is 9.99. The molecule has 0 unspecified atom stereocenters. The van der Waals surface area contributed by atoms with Crippen LogP contribution in [0.5, 0.6) is 0 Å². The predicted molar refractivity (Wildman–Crippen MR) is 148 cm³/mol. The first-order valence-corrected chi connectivity index (χ1v) is 13.6. The summed E-state index contributed by atoms with van der Waals surface area (Å²) in [5.74, 6) is -0.0257. The second kappa shape index (κ2) is 12.7. The Balaban J connectivity index is 0.00000156. The Kier molecular flexibility index (Phi) is 9.12. The van der Waals surface area contributed by atoms with Crippen molar-refractivity contribution < 1.29 is 9.59 Å². The summed E-state index contributed by atoms with van der Waals surface area (Å²) in [7, 11) is 0. The van der Waals surface area contributed by atoms with Gasteiger partial charge < -0.3 is 9.80 Å². The van der Waals surface area contributed by atoms with Gasteiger partial charge in [-0.15, -0.1) is 0 Å². The number of rotatable bonds is 4. The van der Waals surface area contributed by atoms with Gasteiger partial charge in [0.25, 0.3) is 5.91 Å². The third kappa shape index (κ3) is 6.46. The molecule has 3 heterocycles. The average molecular weight is 502 g/mol. The number of likely N-dealkylation sites (tertiary alicyclic amines) is 1. The van der Waals surface area contributed by atoms with E-state index in [1.165, 1.54) is 39.6 Å². The van der Waals surface area contributed by atoms with Crippen molar-refractivity contribution in [2.45, 2.75) is 46.6 Å². The highest BCUT2D eigenvalue weighted by atomic mass is 16.2. The molecule has 0 spiro atoms. The molecular weight excluding hydrogens is 462 g/mol. The largest absolute Gasteiger partial charge is 0.344 e. The number of piperazine rings is 1. The van der Waals surface area contributed by atoms with Crippen LogP contribution in [0.15, 0.2) is 60.9 Å². The van der Waals surface area contributed by atoms with Crippen molar-refractivity contribution in [2.24, 2.45) is 0 Å². The van der Waals surface area contributed by atoms with E-state index in [0.29, 0.717) is 18.7 Å². The van der Waals surface area contributed by atoms with Crippen molar-refractivity contribution in [3.63, 3.8) is 0 Å². The number of hydrogen-bond donors (Lipinski definition) is 0. The van der Waals surface area contributed by atoms with Crippen LogP contribution in [0.4, 0.5) is 4.79 Å². The second-order valence-electron chi connectivity index (χ2n) is 9.58. The summed E-state index contributed by atoms with van der Waals surface area (Å²) < 4.78 is 1.32.